The molecule has 8 nitrogen and oxygen atoms in total. The van der Waals surface area contributed by atoms with E-state index in [9.17, 15) is 18.0 Å². The lowest BCUT2D eigenvalue weighted by molar-refractivity contribution is -0.123. The van der Waals surface area contributed by atoms with Crippen molar-refractivity contribution in [3.63, 3.8) is 0 Å². The number of nitrogens with one attached hydrogen (secondary N) is 3. The van der Waals surface area contributed by atoms with Crippen molar-refractivity contribution in [2.24, 2.45) is 5.73 Å². The highest BCUT2D eigenvalue weighted by Gasteiger charge is 2.18. The number of amidine groups is 1. The number of nitrogen functional groups attached to an aromatic ring is 1. The van der Waals surface area contributed by atoms with Crippen molar-refractivity contribution in [1.29, 1.82) is 5.41 Å². The number of sulfonamides is 1. The standard InChI is InChI=1S/C22H22N4O4S/c23-22(24)17-7-5-15(6-8-17)11-19(14-27)26-21(28)13-25-31(29,30)20-10-9-16-3-1-2-4-18(16)12-20/h1-10,12,14,19,25H,11,13H2,(H3,23,24)(H,26,28). The average molecular weight is 439 g/mol. The molecule has 0 aliphatic rings. The summed E-state index contributed by atoms with van der Waals surface area (Å²) in [4.78, 5) is 23.6. The molecule has 0 saturated heterocycles. The van der Waals surface area contributed by atoms with Gasteiger partial charge in [0.1, 0.15) is 12.1 Å². The highest BCUT2D eigenvalue weighted by Crippen LogP contribution is 2.18. The largest absolute Gasteiger partial charge is 0.384 e. The van der Waals surface area contributed by atoms with Crippen LogP contribution in [-0.2, 0) is 26.0 Å². The van der Waals surface area contributed by atoms with Gasteiger partial charge in [-0.15, -0.1) is 0 Å². The lowest BCUT2D eigenvalue weighted by atomic mass is 10.0. The topological polar surface area (TPSA) is 142 Å². The van der Waals surface area contributed by atoms with Crippen LogP contribution in [0.2, 0.25) is 0 Å². The van der Waals surface area contributed by atoms with Crippen LogP contribution in [0.15, 0.2) is 71.6 Å². The number of rotatable bonds is 9. The molecule has 3 aromatic rings. The van der Waals surface area contributed by atoms with Gasteiger partial charge in [-0.3, -0.25) is 10.2 Å². The van der Waals surface area contributed by atoms with E-state index in [1.54, 1.807) is 36.4 Å². The molecule has 0 saturated carbocycles. The number of amides is 1. The van der Waals surface area contributed by atoms with Gasteiger partial charge < -0.3 is 15.8 Å². The van der Waals surface area contributed by atoms with Crippen molar-refractivity contribution in [3.05, 3.63) is 77.9 Å². The van der Waals surface area contributed by atoms with E-state index in [0.717, 1.165) is 16.3 Å². The normalized spacial score (nSPS) is 12.3. The van der Waals surface area contributed by atoms with Gasteiger partial charge in [-0.1, -0.05) is 54.6 Å². The molecule has 1 amide bonds. The van der Waals surface area contributed by atoms with Gasteiger partial charge in [-0.2, -0.15) is 0 Å². The van der Waals surface area contributed by atoms with Gasteiger partial charge in [0.15, 0.2) is 0 Å². The molecule has 1 atom stereocenters. The second-order valence-electron chi connectivity index (χ2n) is 6.96. The first-order chi connectivity index (χ1) is 14.8. The molecule has 31 heavy (non-hydrogen) atoms. The van der Waals surface area contributed by atoms with Crippen molar-refractivity contribution < 1.29 is 18.0 Å². The molecule has 0 aliphatic carbocycles. The van der Waals surface area contributed by atoms with E-state index in [-0.39, 0.29) is 17.2 Å². The van der Waals surface area contributed by atoms with Gasteiger partial charge >= 0.3 is 0 Å². The van der Waals surface area contributed by atoms with Crippen molar-refractivity contribution in [2.75, 3.05) is 6.54 Å². The second kappa shape index (κ2) is 9.50. The van der Waals surface area contributed by atoms with Gasteiger partial charge in [0.05, 0.1) is 17.5 Å². The van der Waals surface area contributed by atoms with Crippen LogP contribution in [0.25, 0.3) is 10.8 Å². The van der Waals surface area contributed by atoms with Crippen LogP contribution >= 0.6 is 0 Å². The molecule has 0 bridgehead atoms. The first kappa shape index (κ1) is 22.1. The monoisotopic (exact) mass is 438 g/mol. The number of carbonyl (C=O) groups excluding carboxylic acids is 2. The van der Waals surface area contributed by atoms with Crippen molar-refractivity contribution >= 4 is 38.8 Å². The molecule has 3 aromatic carbocycles. The predicted molar refractivity (Wildman–Crippen MR) is 118 cm³/mol. The summed E-state index contributed by atoms with van der Waals surface area (Å²) < 4.78 is 27.3. The maximum absolute atomic E-state index is 12.5. The molecule has 0 aliphatic heterocycles. The highest BCUT2D eigenvalue weighted by atomic mass is 32.2. The lowest BCUT2D eigenvalue weighted by Crippen LogP contribution is -2.43. The minimum atomic E-state index is -3.89. The Kier molecular flexibility index (Phi) is 6.78. The van der Waals surface area contributed by atoms with E-state index in [1.165, 1.54) is 12.1 Å². The van der Waals surface area contributed by atoms with Crippen LogP contribution < -0.4 is 15.8 Å². The summed E-state index contributed by atoms with van der Waals surface area (Å²) >= 11 is 0. The number of fused-ring (bicyclic) bond motifs is 1. The number of nitrogens with two attached hydrogens (primary N) is 1. The number of hydrogen-bond donors (Lipinski definition) is 4. The third kappa shape index (κ3) is 5.74. The molecule has 1 unspecified atom stereocenters. The molecule has 0 spiro atoms. The molecular formula is C22H22N4O4S. The summed E-state index contributed by atoms with van der Waals surface area (Å²) in [5, 5.41) is 11.6. The summed E-state index contributed by atoms with van der Waals surface area (Å²) in [5.74, 6) is -0.688. The molecule has 0 radical (unpaired) electrons. The van der Waals surface area contributed by atoms with Crippen LogP contribution in [0.5, 0.6) is 0 Å². The number of carbonyl (C=O) groups is 2. The molecule has 9 heteroatoms. The quantitative estimate of drug-likeness (QED) is 0.226. The molecule has 0 fully saturated rings. The smallest absolute Gasteiger partial charge is 0.241 e. The summed E-state index contributed by atoms with van der Waals surface area (Å²) in [6.07, 6.45) is 0.819. The molecule has 3 rings (SSSR count). The van der Waals surface area contributed by atoms with Gasteiger partial charge in [0, 0.05) is 5.56 Å². The van der Waals surface area contributed by atoms with E-state index in [2.05, 4.69) is 10.0 Å². The van der Waals surface area contributed by atoms with Crippen molar-refractivity contribution in [1.82, 2.24) is 10.0 Å². The summed E-state index contributed by atoms with van der Waals surface area (Å²) in [7, 11) is -3.89. The maximum atomic E-state index is 12.5. The first-order valence-corrected chi connectivity index (χ1v) is 10.9. The molecule has 0 heterocycles. The number of aldehydes is 1. The second-order valence-corrected chi connectivity index (χ2v) is 8.73. The minimum Gasteiger partial charge on any atom is -0.384 e. The Morgan fingerprint density at radius 1 is 1.03 bits per heavy atom. The molecule has 0 aromatic heterocycles. The van der Waals surface area contributed by atoms with Gasteiger partial charge in [0.2, 0.25) is 15.9 Å². The zero-order valence-corrected chi connectivity index (χ0v) is 17.4. The summed E-state index contributed by atoms with van der Waals surface area (Å²) in [6.45, 7) is -0.497. The zero-order chi connectivity index (χ0) is 22.4. The van der Waals surface area contributed by atoms with Crippen molar-refractivity contribution in [3.8, 4) is 0 Å². The van der Waals surface area contributed by atoms with E-state index in [0.29, 0.717) is 11.8 Å². The average Bonchev–Trinajstić information content (AvgIpc) is 2.77. The molecule has 5 N–H and O–H groups in total. The minimum absolute atomic E-state index is 0.0523. The van der Waals surface area contributed by atoms with Gasteiger partial charge in [0.25, 0.3) is 0 Å². The molecule has 160 valence electrons. The van der Waals surface area contributed by atoms with Crippen molar-refractivity contribution in [2.45, 2.75) is 17.4 Å². The number of benzene rings is 3. The SMILES string of the molecule is N=C(N)c1ccc(CC(C=O)NC(=O)CNS(=O)(=O)c2ccc3ccccc3c2)cc1. The van der Waals surface area contributed by atoms with Gasteiger partial charge in [-0.05, 0) is 34.9 Å². The van der Waals surface area contributed by atoms with E-state index in [1.807, 2.05) is 18.2 Å². The maximum Gasteiger partial charge on any atom is 0.241 e. The zero-order valence-electron chi connectivity index (χ0n) is 16.5. The van der Waals surface area contributed by atoms with Gasteiger partial charge in [-0.25, -0.2) is 13.1 Å². The highest BCUT2D eigenvalue weighted by molar-refractivity contribution is 7.89. The summed E-state index contributed by atoms with van der Waals surface area (Å²) in [6, 6.07) is 18.0. The fraction of sp³-hybridized carbons (Fsp3) is 0.136. The Morgan fingerprint density at radius 3 is 2.35 bits per heavy atom. The van der Waals surface area contributed by atoms with Crippen LogP contribution in [0.3, 0.4) is 0 Å². The predicted octanol–water partition coefficient (Wildman–Crippen LogP) is 1.33. The Bertz CT molecular complexity index is 1220. The Hall–Kier alpha value is -3.56. The van der Waals surface area contributed by atoms with Crippen LogP contribution in [-0.4, -0.2) is 39.0 Å². The fourth-order valence-corrected chi connectivity index (χ4v) is 4.06. The third-order valence-electron chi connectivity index (χ3n) is 4.69. The van der Waals surface area contributed by atoms with E-state index >= 15 is 0 Å². The van der Waals surface area contributed by atoms with Crippen LogP contribution in [0.4, 0.5) is 0 Å². The number of hydrogen-bond acceptors (Lipinski definition) is 5. The lowest BCUT2D eigenvalue weighted by Gasteiger charge is -2.14. The van der Waals surface area contributed by atoms with E-state index in [4.69, 9.17) is 11.1 Å². The fourth-order valence-electron chi connectivity index (χ4n) is 3.04. The molecular weight excluding hydrogens is 416 g/mol. The Balaban J connectivity index is 1.59. The summed E-state index contributed by atoms with van der Waals surface area (Å²) in [5.41, 5.74) is 6.73. The third-order valence-corrected chi connectivity index (χ3v) is 6.08. The Labute approximate surface area is 180 Å². The first-order valence-electron chi connectivity index (χ1n) is 9.45. The Morgan fingerprint density at radius 2 is 1.71 bits per heavy atom. The van der Waals surface area contributed by atoms with E-state index < -0.39 is 28.5 Å². The van der Waals surface area contributed by atoms with Crippen LogP contribution in [0.1, 0.15) is 11.1 Å². The van der Waals surface area contributed by atoms with Crippen LogP contribution in [0, 0.1) is 5.41 Å².